The topological polar surface area (TPSA) is 43.1 Å². The van der Waals surface area contributed by atoms with Gasteiger partial charge in [0, 0.05) is 4.47 Å². The summed E-state index contributed by atoms with van der Waals surface area (Å²) in [5, 5.41) is 0. The molecule has 0 aromatic heterocycles. The van der Waals surface area contributed by atoms with E-state index in [9.17, 15) is 4.79 Å². The molecule has 13 heavy (non-hydrogen) atoms. The standard InChI is InChI=1S/C10H12BrNO/c1-6-8(10(12)7(2)13)4-3-5-9(6)11/h3-5,10H,12H2,1-2H3. The Bertz CT molecular complexity index is 336. The third kappa shape index (κ3) is 2.17. The molecule has 1 atom stereocenters. The summed E-state index contributed by atoms with van der Waals surface area (Å²) >= 11 is 3.40. The molecule has 2 nitrogen and oxygen atoms in total. The summed E-state index contributed by atoms with van der Waals surface area (Å²) in [6, 6.07) is 5.20. The van der Waals surface area contributed by atoms with Crippen molar-refractivity contribution >= 4 is 21.7 Å². The van der Waals surface area contributed by atoms with Crippen molar-refractivity contribution in [2.75, 3.05) is 0 Å². The van der Waals surface area contributed by atoms with Crippen molar-refractivity contribution < 1.29 is 4.79 Å². The van der Waals surface area contributed by atoms with Crippen molar-refractivity contribution in [2.45, 2.75) is 19.9 Å². The Kier molecular flexibility index (Phi) is 3.22. The van der Waals surface area contributed by atoms with E-state index in [0.29, 0.717) is 0 Å². The second-order valence-electron chi connectivity index (χ2n) is 3.04. The van der Waals surface area contributed by atoms with E-state index in [1.165, 1.54) is 6.92 Å². The van der Waals surface area contributed by atoms with Crippen LogP contribution < -0.4 is 5.73 Å². The first-order chi connectivity index (χ1) is 6.04. The van der Waals surface area contributed by atoms with Gasteiger partial charge in [-0.2, -0.15) is 0 Å². The second kappa shape index (κ2) is 4.03. The van der Waals surface area contributed by atoms with Gasteiger partial charge in [-0.25, -0.2) is 0 Å². The number of nitrogens with two attached hydrogens (primary N) is 1. The minimum absolute atomic E-state index is 0.0128. The zero-order chi connectivity index (χ0) is 10.0. The monoisotopic (exact) mass is 241 g/mol. The summed E-state index contributed by atoms with van der Waals surface area (Å²) in [6.45, 7) is 3.45. The molecular weight excluding hydrogens is 230 g/mol. The van der Waals surface area contributed by atoms with Gasteiger partial charge in [0.1, 0.15) is 0 Å². The van der Waals surface area contributed by atoms with Crippen LogP contribution in [0.2, 0.25) is 0 Å². The number of benzene rings is 1. The molecule has 0 saturated carbocycles. The highest BCUT2D eigenvalue weighted by Gasteiger charge is 2.13. The summed E-state index contributed by atoms with van der Waals surface area (Å²) in [5.41, 5.74) is 7.66. The minimum atomic E-state index is -0.502. The number of hydrogen-bond acceptors (Lipinski definition) is 2. The normalized spacial score (nSPS) is 12.6. The largest absolute Gasteiger partial charge is 0.318 e. The lowest BCUT2D eigenvalue weighted by molar-refractivity contribution is -0.118. The molecule has 0 spiro atoms. The third-order valence-corrected chi connectivity index (χ3v) is 2.94. The van der Waals surface area contributed by atoms with Crippen molar-refractivity contribution in [3.05, 3.63) is 33.8 Å². The molecule has 1 unspecified atom stereocenters. The lowest BCUT2D eigenvalue weighted by Crippen LogP contribution is -2.19. The summed E-state index contributed by atoms with van der Waals surface area (Å²) in [5.74, 6) is -0.0128. The molecule has 70 valence electrons. The fourth-order valence-electron chi connectivity index (χ4n) is 1.18. The van der Waals surface area contributed by atoms with Gasteiger partial charge in [-0.15, -0.1) is 0 Å². The number of carbonyl (C=O) groups is 1. The molecule has 0 radical (unpaired) electrons. The number of hydrogen-bond donors (Lipinski definition) is 1. The molecule has 1 rings (SSSR count). The highest BCUT2D eigenvalue weighted by atomic mass is 79.9. The second-order valence-corrected chi connectivity index (χ2v) is 3.90. The highest BCUT2D eigenvalue weighted by molar-refractivity contribution is 9.10. The average Bonchev–Trinajstić information content (AvgIpc) is 2.08. The molecule has 2 N–H and O–H groups in total. The molecule has 1 aromatic carbocycles. The zero-order valence-electron chi connectivity index (χ0n) is 7.67. The van der Waals surface area contributed by atoms with Crippen molar-refractivity contribution in [2.24, 2.45) is 5.73 Å². The quantitative estimate of drug-likeness (QED) is 0.864. The molecule has 0 heterocycles. The van der Waals surface area contributed by atoms with Gasteiger partial charge in [-0.3, -0.25) is 4.79 Å². The molecule has 1 aromatic rings. The van der Waals surface area contributed by atoms with Crippen LogP contribution in [0.4, 0.5) is 0 Å². The van der Waals surface area contributed by atoms with E-state index in [0.717, 1.165) is 15.6 Å². The summed E-state index contributed by atoms with van der Waals surface area (Å²) in [4.78, 5) is 11.1. The number of rotatable bonds is 2. The van der Waals surface area contributed by atoms with Gasteiger partial charge in [0.05, 0.1) is 6.04 Å². The van der Waals surface area contributed by atoms with E-state index >= 15 is 0 Å². The Morgan fingerprint density at radius 3 is 2.69 bits per heavy atom. The van der Waals surface area contributed by atoms with Crippen LogP contribution in [-0.4, -0.2) is 5.78 Å². The summed E-state index contributed by atoms with van der Waals surface area (Å²) < 4.78 is 0.988. The van der Waals surface area contributed by atoms with Gasteiger partial charge >= 0.3 is 0 Å². The number of ketones is 1. The van der Waals surface area contributed by atoms with Crippen LogP contribution in [0.15, 0.2) is 22.7 Å². The SMILES string of the molecule is CC(=O)C(N)c1cccc(Br)c1C. The van der Waals surface area contributed by atoms with E-state index in [4.69, 9.17) is 5.73 Å². The lowest BCUT2D eigenvalue weighted by atomic mass is 10.00. The van der Waals surface area contributed by atoms with Crippen LogP contribution in [0.5, 0.6) is 0 Å². The van der Waals surface area contributed by atoms with E-state index in [1.54, 1.807) is 0 Å². The van der Waals surface area contributed by atoms with Crippen molar-refractivity contribution in [1.29, 1.82) is 0 Å². The van der Waals surface area contributed by atoms with Gasteiger partial charge in [0.25, 0.3) is 0 Å². The molecule has 0 fully saturated rings. The maximum Gasteiger partial charge on any atom is 0.150 e. The van der Waals surface area contributed by atoms with Gasteiger partial charge in [0.15, 0.2) is 5.78 Å². The fraction of sp³-hybridized carbons (Fsp3) is 0.300. The Hall–Kier alpha value is -0.670. The van der Waals surface area contributed by atoms with Gasteiger partial charge in [0.2, 0.25) is 0 Å². The van der Waals surface area contributed by atoms with E-state index in [1.807, 2.05) is 25.1 Å². The van der Waals surface area contributed by atoms with E-state index in [2.05, 4.69) is 15.9 Å². The molecule has 0 aliphatic rings. The number of carbonyl (C=O) groups excluding carboxylic acids is 1. The highest BCUT2D eigenvalue weighted by Crippen LogP contribution is 2.23. The van der Waals surface area contributed by atoms with Crippen molar-refractivity contribution in [3.63, 3.8) is 0 Å². The molecule has 0 aliphatic carbocycles. The van der Waals surface area contributed by atoms with Crippen LogP contribution in [0, 0.1) is 6.92 Å². The molecule has 0 bridgehead atoms. The van der Waals surface area contributed by atoms with Crippen molar-refractivity contribution in [3.8, 4) is 0 Å². The predicted octanol–water partition coefficient (Wildman–Crippen LogP) is 2.35. The Morgan fingerprint density at radius 2 is 2.15 bits per heavy atom. The molecular formula is C10H12BrNO. The molecule has 0 aliphatic heterocycles. The van der Waals surface area contributed by atoms with Crippen LogP contribution in [0.25, 0.3) is 0 Å². The Morgan fingerprint density at radius 1 is 1.54 bits per heavy atom. The first-order valence-electron chi connectivity index (χ1n) is 4.05. The Labute approximate surface area is 86.3 Å². The first kappa shape index (κ1) is 10.4. The maximum absolute atomic E-state index is 11.1. The predicted molar refractivity (Wildman–Crippen MR) is 56.5 cm³/mol. The van der Waals surface area contributed by atoms with E-state index in [-0.39, 0.29) is 5.78 Å². The molecule has 3 heteroatoms. The lowest BCUT2D eigenvalue weighted by Gasteiger charge is -2.12. The average molecular weight is 242 g/mol. The number of halogens is 1. The maximum atomic E-state index is 11.1. The smallest absolute Gasteiger partial charge is 0.150 e. The van der Waals surface area contributed by atoms with Gasteiger partial charge in [-0.1, -0.05) is 28.1 Å². The summed E-state index contributed by atoms with van der Waals surface area (Å²) in [6.07, 6.45) is 0. The fourth-order valence-corrected chi connectivity index (χ4v) is 1.56. The van der Waals surface area contributed by atoms with Gasteiger partial charge in [-0.05, 0) is 31.0 Å². The molecule has 0 saturated heterocycles. The van der Waals surface area contributed by atoms with Gasteiger partial charge < -0.3 is 5.73 Å². The number of Topliss-reactive ketones (excluding diaryl/α,β-unsaturated/α-hetero) is 1. The van der Waals surface area contributed by atoms with Crippen LogP contribution in [0.3, 0.4) is 0 Å². The third-order valence-electron chi connectivity index (χ3n) is 2.08. The van der Waals surface area contributed by atoms with E-state index < -0.39 is 6.04 Å². The zero-order valence-corrected chi connectivity index (χ0v) is 9.26. The molecule has 0 amide bonds. The van der Waals surface area contributed by atoms with Crippen LogP contribution in [-0.2, 0) is 4.79 Å². The van der Waals surface area contributed by atoms with Crippen LogP contribution >= 0.6 is 15.9 Å². The minimum Gasteiger partial charge on any atom is -0.318 e. The first-order valence-corrected chi connectivity index (χ1v) is 4.84. The summed E-state index contributed by atoms with van der Waals surface area (Å²) in [7, 11) is 0. The Balaban J connectivity index is 3.15. The van der Waals surface area contributed by atoms with Crippen molar-refractivity contribution in [1.82, 2.24) is 0 Å². The van der Waals surface area contributed by atoms with Crippen LogP contribution in [0.1, 0.15) is 24.1 Å².